The molecule has 0 saturated heterocycles. The Morgan fingerprint density at radius 1 is 0.184 bits per heavy atom. The summed E-state index contributed by atoms with van der Waals surface area (Å²) in [6.45, 7) is 0. The normalized spacial score (nSPS) is 12.5. The molecule has 0 saturated carbocycles. The van der Waals surface area contributed by atoms with E-state index < -0.39 is 5.41 Å². The van der Waals surface area contributed by atoms with Crippen molar-refractivity contribution in [3.63, 3.8) is 0 Å². The minimum atomic E-state index is -0.520. The van der Waals surface area contributed by atoms with Crippen LogP contribution in [0.25, 0.3) is 133 Å². The number of aromatic nitrogens is 2. The topological polar surface area (TPSA) is 9.86 Å². The zero-order valence-corrected chi connectivity index (χ0v) is 47.7. The predicted octanol–water partition coefficient (Wildman–Crippen LogP) is 22.2. The third-order valence-electron chi connectivity index (χ3n) is 18.4. The lowest BCUT2D eigenvalue weighted by molar-refractivity contribution is 0.769. The first-order valence-corrected chi connectivity index (χ1v) is 30.1. The van der Waals surface area contributed by atoms with Crippen LogP contribution in [-0.4, -0.2) is 9.13 Å². The second-order valence-corrected chi connectivity index (χ2v) is 23.2. The number of fused-ring (bicyclic) bond motifs is 9. The van der Waals surface area contributed by atoms with Crippen molar-refractivity contribution in [3.8, 4) is 89.3 Å². The zero-order chi connectivity index (χ0) is 57.4. The first-order valence-electron chi connectivity index (χ1n) is 30.1. The lowest BCUT2D eigenvalue weighted by Crippen LogP contribution is -2.28. The van der Waals surface area contributed by atoms with Crippen LogP contribution in [0, 0.1) is 0 Å². The highest BCUT2D eigenvalue weighted by molar-refractivity contribution is 6.13. The van der Waals surface area contributed by atoms with Gasteiger partial charge in [0, 0.05) is 32.9 Å². The number of benzene rings is 14. The van der Waals surface area contributed by atoms with Gasteiger partial charge in [-0.15, -0.1) is 0 Å². The summed E-state index contributed by atoms with van der Waals surface area (Å²) in [4.78, 5) is 0. The summed E-state index contributed by atoms with van der Waals surface area (Å²) in [5, 5.41) is 4.98. The molecular weight excluding hydrogens is 1050 g/mol. The van der Waals surface area contributed by atoms with Crippen molar-refractivity contribution in [1.29, 1.82) is 0 Å². The summed E-state index contributed by atoms with van der Waals surface area (Å²) in [6.07, 6.45) is 0. The van der Waals surface area contributed by atoms with Gasteiger partial charge in [0.25, 0.3) is 0 Å². The molecule has 1 aliphatic rings. The molecular formula is C85H56N2. The van der Waals surface area contributed by atoms with Crippen molar-refractivity contribution in [2.75, 3.05) is 0 Å². The molecule has 2 heterocycles. The van der Waals surface area contributed by atoms with Gasteiger partial charge in [-0.05, 0) is 173 Å². The van der Waals surface area contributed by atoms with Gasteiger partial charge in [-0.25, -0.2) is 0 Å². The van der Waals surface area contributed by atoms with Crippen LogP contribution in [0.4, 0.5) is 0 Å². The number of hydrogen-bond donors (Lipinski definition) is 0. The minimum Gasteiger partial charge on any atom is -0.309 e. The zero-order valence-electron chi connectivity index (χ0n) is 47.7. The highest BCUT2D eigenvalue weighted by atomic mass is 15.0. The maximum absolute atomic E-state index is 2.43. The molecule has 87 heavy (non-hydrogen) atoms. The molecule has 16 aromatic rings. The summed E-state index contributed by atoms with van der Waals surface area (Å²) < 4.78 is 4.81. The fourth-order valence-electron chi connectivity index (χ4n) is 14.4. The van der Waals surface area contributed by atoms with Crippen LogP contribution in [0.2, 0.25) is 0 Å². The SMILES string of the molecule is c1ccc(-c2cccc(-c3ccc(C4(c5cccc(-c6ccc(-c7ccc(-c8cccc(-n9c%10ccccc%10c%10cc(-c%11ccc%12c(c%11)c%11ccccc%11n%12-c%11ccccc%11)ccc%109)c8)cc7)cc6)c5)c5ccccc5-c5ccccc54)cc3)c2)cc1. The molecule has 0 amide bonds. The van der Waals surface area contributed by atoms with Gasteiger partial charge in [0.05, 0.1) is 27.5 Å². The lowest BCUT2D eigenvalue weighted by atomic mass is 9.67. The highest BCUT2D eigenvalue weighted by Crippen LogP contribution is 2.56. The third kappa shape index (κ3) is 8.25. The molecule has 0 atom stereocenters. The van der Waals surface area contributed by atoms with Gasteiger partial charge in [0.1, 0.15) is 0 Å². The smallest absolute Gasteiger partial charge is 0.0713 e. The van der Waals surface area contributed by atoms with Gasteiger partial charge >= 0.3 is 0 Å². The van der Waals surface area contributed by atoms with E-state index >= 15 is 0 Å². The van der Waals surface area contributed by atoms with Gasteiger partial charge in [0.2, 0.25) is 0 Å². The average Bonchev–Trinajstić information content (AvgIpc) is 1.65. The maximum atomic E-state index is 2.43. The van der Waals surface area contributed by atoms with E-state index in [1.165, 1.54) is 149 Å². The Labute approximate surface area is 506 Å². The van der Waals surface area contributed by atoms with E-state index in [2.05, 4.69) is 349 Å². The van der Waals surface area contributed by atoms with E-state index in [0.717, 1.165) is 5.69 Å². The molecule has 0 unspecified atom stereocenters. The molecule has 1 aliphatic carbocycles. The number of para-hydroxylation sites is 3. The van der Waals surface area contributed by atoms with Gasteiger partial charge in [0.15, 0.2) is 0 Å². The Balaban J connectivity index is 0.667. The first-order chi connectivity index (χ1) is 43.1. The van der Waals surface area contributed by atoms with Crippen LogP contribution in [0.15, 0.2) is 340 Å². The van der Waals surface area contributed by atoms with E-state index in [1.54, 1.807) is 0 Å². The standard InChI is InChI=1S/C85H56N2/c1-3-18-57(19-4-1)63-20-15-21-64(52-63)62-44-48-69(49-45-62)85(79-32-11-7-28-73(79)74-29-8-12-33-80(74)85)70-24-16-22-65(53-70)60-40-36-58(37-41-60)59-38-42-61(43-39-59)66-23-17-27-72(54-66)87-82-35-14-10-31-76(82)78-56-68(47-51-84(78)87)67-46-50-83-77(55-67)75-30-9-13-34-81(75)86(83)71-25-5-2-6-26-71/h1-56H. The van der Waals surface area contributed by atoms with Crippen molar-refractivity contribution in [2.45, 2.75) is 5.41 Å². The summed E-state index contributed by atoms with van der Waals surface area (Å²) in [5.41, 5.74) is 28.6. The Morgan fingerprint density at radius 2 is 0.529 bits per heavy atom. The molecule has 2 aromatic heterocycles. The van der Waals surface area contributed by atoms with Crippen molar-refractivity contribution >= 4 is 43.6 Å². The summed E-state index contributed by atoms with van der Waals surface area (Å²) in [6, 6.07) is 126. The fourth-order valence-corrected chi connectivity index (χ4v) is 14.4. The van der Waals surface area contributed by atoms with Crippen LogP contribution in [-0.2, 0) is 5.41 Å². The molecule has 406 valence electrons. The Morgan fingerprint density at radius 3 is 1.08 bits per heavy atom. The van der Waals surface area contributed by atoms with Crippen LogP contribution in [0.5, 0.6) is 0 Å². The molecule has 2 heteroatoms. The van der Waals surface area contributed by atoms with Crippen LogP contribution < -0.4 is 0 Å². The molecule has 2 nitrogen and oxygen atoms in total. The molecule has 14 aromatic carbocycles. The Bertz CT molecular complexity index is 5250. The van der Waals surface area contributed by atoms with Crippen LogP contribution >= 0.6 is 0 Å². The number of hydrogen-bond acceptors (Lipinski definition) is 0. The Hall–Kier alpha value is -11.3. The molecule has 0 bridgehead atoms. The predicted molar refractivity (Wildman–Crippen MR) is 365 cm³/mol. The largest absolute Gasteiger partial charge is 0.309 e. The van der Waals surface area contributed by atoms with E-state index in [4.69, 9.17) is 0 Å². The molecule has 0 N–H and O–H groups in total. The summed E-state index contributed by atoms with van der Waals surface area (Å²) >= 11 is 0. The first kappa shape index (κ1) is 50.2. The molecule has 17 rings (SSSR count). The Kier molecular flexibility index (Phi) is 11.8. The maximum Gasteiger partial charge on any atom is 0.0713 e. The van der Waals surface area contributed by atoms with Crippen molar-refractivity contribution in [3.05, 3.63) is 362 Å². The van der Waals surface area contributed by atoms with Gasteiger partial charge in [-0.2, -0.15) is 0 Å². The number of rotatable bonds is 10. The molecule has 0 fully saturated rings. The van der Waals surface area contributed by atoms with E-state index in [0.29, 0.717) is 0 Å². The van der Waals surface area contributed by atoms with E-state index in [-0.39, 0.29) is 0 Å². The average molecular weight is 1110 g/mol. The van der Waals surface area contributed by atoms with E-state index in [1.807, 2.05) is 0 Å². The molecule has 0 spiro atoms. The van der Waals surface area contributed by atoms with Crippen molar-refractivity contribution < 1.29 is 0 Å². The van der Waals surface area contributed by atoms with Crippen molar-refractivity contribution in [2.24, 2.45) is 0 Å². The van der Waals surface area contributed by atoms with Crippen LogP contribution in [0.3, 0.4) is 0 Å². The third-order valence-corrected chi connectivity index (χ3v) is 18.4. The van der Waals surface area contributed by atoms with Crippen LogP contribution in [0.1, 0.15) is 22.3 Å². The summed E-state index contributed by atoms with van der Waals surface area (Å²) in [7, 11) is 0. The van der Waals surface area contributed by atoms with Gasteiger partial charge in [-0.1, -0.05) is 267 Å². The van der Waals surface area contributed by atoms with E-state index in [9.17, 15) is 0 Å². The second-order valence-electron chi connectivity index (χ2n) is 23.2. The second kappa shape index (κ2) is 20.5. The van der Waals surface area contributed by atoms with Crippen molar-refractivity contribution in [1.82, 2.24) is 9.13 Å². The number of nitrogens with zero attached hydrogens (tertiary/aromatic N) is 2. The minimum absolute atomic E-state index is 0.520. The lowest BCUT2D eigenvalue weighted by Gasteiger charge is -2.34. The molecule has 0 radical (unpaired) electrons. The quantitative estimate of drug-likeness (QED) is 0.129. The monoisotopic (exact) mass is 1100 g/mol. The highest BCUT2D eigenvalue weighted by Gasteiger charge is 2.46. The molecule has 0 aliphatic heterocycles. The fraction of sp³-hybridized carbons (Fsp3) is 0.0118. The van der Waals surface area contributed by atoms with Gasteiger partial charge < -0.3 is 9.13 Å². The van der Waals surface area contributed by atoms with Gasteiger partial charge in [-0.3, -0.25) is 0 Å². The summed E-state index contributed by atoms with van der Waals surface area (Å²) in [5.74, 6) is 0.